The Balaban J connectivity index is 1.73. The summed E-state index contributed by atoms with van der Waals surface area (Å²) in [7, 11) is 0. The fourth-order valence-corrected chi connectivity index (χ4v) is 4.74. The lowest BCUT2D eigenvalue weighted by Crippen LogP contribution is -2.34. The van der Waals surface area contributed by atoms with Crippen LogP contribution in [0.4, 0.5) is 5.13 Å². The number of benzene rings is 2. The first-order valence-electron chi connectivity index (χ1n) is 8.94. The summed E-state index contributed by atoms with van der Waals surface area (Å²) >= 11 is 5.00. The van der Waals surface area contributed by atoms with Gasteiger partial charge in [0, 0.05) is 29.0 Å². The molecule has 0 aliphatic carbocycles. The zero-order chi connectivity index (χ0) is 19.7. The minimum absolute atomic E-state index is 0.0677. The molecule has 0 unspecified atom stereocenters. The molecule has 0 aliphatic rings. The number of amides is 1. The fraction of sp³-hybridized carbons (Fsp3) is 0.190. The van der Waals surface area contributed by atoms with Gasteiger partial charge >= 0.3 is 0 Å². The predicted octanol–water partition coefficient (Wildman–Crippen LogP) is 5.22. The molecule has 7 heteroatoms. The second kappa shape index (κ2) is 7.85. The number of halogens is 1. The van der Waals surface area contributed by atoms with E-state index in [0.29, 0.717) is 23.8 Å². The Hall–Kier alpha value is -2.51. The van der Waals surface area contributed by atoms with Crippen molar-refractivity contribution in [3.8, 4) is 0 Å². The van der Waals surface area contributed by atoms with E-state index in [2.05, 4.69) is 47.0 Å². The molecule has 0 saturated carbocycles. The lowest BCUT2D eigenvalue weighted by atomic mass is 10.1. The van der Waals surface area contributed by atoms with Crippen molar-refractivity contribution in [3.63, 3.8) is 0 Å². The van der Waals surface area contributed by atoms with Gasteiger partial charge in [0.2, 0.25) is 0 Å². The van der Waals surface area contributed by atoms with E-state index >= 15 is 0 Å². The van der Waals surface area contributed by atoms with Crippen molar-refractivity contribution >= 4 is 48.5 Å². The van der Waals surface area contributed by atoms with E-state index in [1.165, 1.54) is 5.56 Å². The van der Waals surface area contributed by atoms with Crippen LogP contribution in [0.25, 0.3) is 10.2 Å². The average Bonchev–Trinajstić information content (AvgIpc) is 3.31. The van der Waals surface area contributed by atoms with Gasteiger partial charge in [-0.15, -0.1) is 0 Å². The van der Waals surface area contributed by atoms with Gasteiger partial charge in [0.05, 0.1) is 16.8 Å². The summed E-state index contributed by atoms with van der Waals surface area (Å²) < 4.78 is 3.80. The van der Waals surface area contributed by atoms with Crippen LogP contribution in [0, 0.1) is 13.8 Å². The molecule has 2 aromatic heterocycles. The topological polar surface area (TPSA) is 51.0 Å². The van der Waals surface area contributed by atoms with Gasteiger partial charge < -0.3 is 0 Å². The molecule has 2 heterocycles. The van der Waals surface area contributed by atoms with Gasteiger partial charge in [-0.1, -0.05) is 39.4 Å². The number of aromatic nitrogens is 3. The smallest absolute Gasteiger partial charge is 0.260 e. The van der Waals surface area contributed by atoms with E-state index in [1.807, 2.05) is 41.2 Å². The molecule has 0 fully saturated rings. The molecule has 0 spiro atoms. The van der Waals surface area contributed by atoms with Gasteiger partial charge in [-0.2, -0.15) is 5.10 Å². The highest BCUT2D eigenvalue weighted by Gasteiger charge is 2.22. The molecule has 0 bridgehead atoms. The predicted molar refractivity (Wildman–Crippen MR) is 117 cm³/mol. The maximum absolute atomic E-state index is 13.3. The summed E-state index contributed by atoms with van der Waals surface area (Å²) in [6, 6.07) is 13.6. The summed E-state index contributed by atoms with van der Waals surface area (Å²) in [5, 5.41) is 4.96. The minimum atomic E-state index is -0.0677. The molecule has 1 amide bonds. The lowest BCUT2D eigenvalue weighted by Gasteiger charge is -2.20. The van der Waals surface area contributed by atoms with Crippen LogP contribution in [-0.2, 0) is 6.54 Å². The number of hydrogen-bond acceptors (Lipinski definition) is 4. The van der Waals surface area contributed by atoms with Gasteiger partial charge in [-0.05, 0) is 55.3 Å². The first-order chi connectivity index (χ1) is 13.5. The summed E-state index contributed by atoms with van der Waals surface area (Å²) in [5.41, 5.74) is 3.90. The Labute approximate surface area is 175 Å². The highest BCUT2D eigenvalue weighted by atomic mass is 79.9. The molecule has 28 heavy (non-hydrogen) atoms. The number of carbonyl (C=O) groups is 1. The molecular weight excluding hydrogens is 436 g/mol. The number of nitrogens with zero attached hydrogens (tertiary/aromatic N) is 4. The largest absolute Gasteiger partial charge is 0.282 e. The number of anilines is 1. The van der Waals surface area contributed by atoms with Crippen LogP contribution in [0.2, 0.25) is 0 Å². The summed E-state index contributed by atoms with van der Waals surface area (Å²) in [6.45, 7) is 5.22. The van der Waals surface area contributed by atoms with Crippen LogP contribution in [-0.4, -0.2) is 27.2 Å². The van der Waals surface area contributed by atoms with Crippen molar-refractivity contribution in [1.82, 2.24) is 14.8 Å². The van der Waals surface area contributed by atoms with E-state index in [9.17, 15) is 4.79 Å². The van der Waals surface area contributed by atoms with Crippen LogP contribution in [0.15, 0.2) is 59.3 Å². The second-order valence-electron chi connectivity index (χ2n) is 6.66. The molecule has 2 aromatic carbocycles. The number of carbonyl (C=O) groups excluding carboxylic acids is 1. The zero-order valence-electron chi connectivity index (χ0n) is 15.6. The summed E-state index contributed by atoms with van der Waals surface area (Å²) in [5.74, 6) is -0.0677. The highest BCUT2D eigenvalue weighted by molar-refractivity contribution is 9.10. The third kappa shape index (κ3) is 3.86. The number of aryl methyl sites for hydroxylation is 2. The molecule has 4 aromatic rings. The Morgan fingerprint density at radius 1 is 1.21 bits per heavy atom. The summed E-state index contributed by atoms with van der Waals surface area (Å²) in [4.78, 5) is 19.9. The molecule has 0 aliphatic heterocycles. The maximum atomic E-state index is 13.3. The van der Waals surface area contributed by atoms with Crippen molar-refractivity contribution < 1.29 is 4.79 Å². The van der Waals surface area contributed by atoms with Gasteiger partial charge in [-0.25, -0.2) is 4.98 Å². The van der Waals surface area contributed by atoms with E-state index in [4.69, 9.17) is 4.98 Å². The Kier molecular flexibility index (Phi) is 5.28. The van der Waals surface area contributed by atoms with E-state index in [0.717, 1.165) is 20.3 Å². The monoisotopic (exact) mass is 454 g/mol. The number of fused-ring (bicyclic) bond motifs is 1. The molecule has 4 rings (SSSR count). The second-order valence-corrected chi connectivity index (χ2v) is 8.59. The van der Waals surface area contributed by atoms with E-state index in [1.54, 1.807) is 22.4 Å². The quantitative estimate of drug-likeness (QED) is 0.415. The van der Waals surface area contributed by atoms with Crippen molar-refractivity contribution in [2.75, 3.05) is 11.4 Å². The normalized spacial score (nSPS) is 11.1. The SMILES string of the molecule is Cc1cc(C)c2nc(N(CCn3cccn3)C(=O)c3cccc(Br)c3)sc2c1. The zero-order valence-corrected chi connectivity index (χ0v) is 18.0. The molecule has 0 atom stereocenters. The maximum Gasteiger partial charge on any atom is 0.260 e. The van der Waals surface area contributed by atoms with Gasteiger partial charge in [0.1, 0.15) is 0 Å². The standard InChI is InChI=1S/C21H19BrN4OS/c1-14-11-15(2)19-18(12-14)28-21(24-19)26(10-9-25-8-4-7-23-25)20(27)16-5-3-6-17(22)13-16/h3-8,11-13H,9-10H2,1-2H3. The van der Waals surface area contributed by atoms with Crippen LogP contribution >= 0.6 is 27.3 Å². The van der Waals surface area contributed by atoms with Crippen molar-refractivity contribution in [2.45, 2.75) is 20.4 Å². The molecule has 142 valence electrons. The first kappa shape index (κ1) is 18.8. The van der Waals surface area contributed by atoms with Crippen LogP contribution in [0.3, 0.4) is 0 Å². The Bertz CT molecular complexity index is 1140. The van der Waals surface area contributed by atoms with Gasteiger partial charge in [0.25, 0.3) is 5.91 Å². The molecular formula is C21H19BrN4OS. The number of rotatable bonds is 5. The number of thiazole rings is 1. The molecule has 0 radical (unpaired) electrons. The number of hydrogen-bond donors (Lipinski definition) is 0. The van der Waals surface area contributed by atoms with Crippen molar-refractivity contribution in [2.24, 2.45) is 0 Å². The lowest BCUT2D eigenvalue weighted by molar-refractivity contribution is 0.0985. The average molecular weight is 455 g/mol. The highest BCUT2D eigenvalue weighted by Crippen LogP contribution is 2.32. The molecule has 0 saturated heterocycles. The van der Waals surface area contributed by atoms with Crippen LogP contribution < -0.4 is 4.90 Å². The van der Waals surface area contributed by atoms with Crippen LogP contribution in [0.1, 0.15) is 21.5 Å². The van der Waals surface area contributed by atoms with Gasteiger partial charge in [0.15, 0.2) is 5.13 Å². The fourth-order valence-electron chi connectivity index (χ4n) is 3.17. The summed E-state index contributed by atoms with van der Waals surface area (Å²) in [6.07, 6.45) is 3.64. The van der Waals surface area contributed by atoms with E-state index in [-0.39, 0.29) is 5.91 Å². The first-order valence-corrected chi connectivity index (χ1v) is 10.5. The molecule has 0 N–H and O–H groups in total. The minimum Gasteiger partial charge on any atom is -0.282 e. The van der Waals surface area contributed by atoms with Gasteiger partial charge in [-0.3, -0.25) is 14.4 Å². The van der Waals surface area contributed by atoms with Crippen molar-refractivity contribution in [1.29, 1.82) is 0 Å². The Morgan fingerprint density at radius 2 is 2.07 bits per heavy atom. The van der Waals surface area contributed by atoms with Crippen molar-refractivity contribution in [3.05, 3.63) is 76.0 Å². The Morgan fingerprint density at radius 3 is 2.82 bits per heavy atom. The third-order valence-electron chi connectivity index (χ3n) is 4.48. The third-order valence-corrected chi connectivity index (χ3v) is 6.00. The van der Waals surface area contributed by atoms with E-state index < -0.39 is 0 Å². The van der Waals surface area contributed by atoms with Crippen LogP contribution in [0.5, 0.6) is 0 Å². The molecule has 5 nitrogen and oxygen atoms in total.